The summed E-state index contributed by atoms with van der Waals surface area (Å²) in [6.07, 6.45) is 1.39. The molecule has 164 valence electrons. The largest absolute Gasteiger partial charge is 0.326 e. The van der Waals surface area contributed by atoms with Gasteiger partial charge in [0.25, 0.3) is 10.0 Å². The van der Waals surface area contributed by atoms with Crippen LogP contribution in [0.15, 0.2) is 74.4 Å². The van der Waals surface area contributed by atoms with Crippen LogP contribution in [0.3, 0.4) is 0 Å². The van der Waals surface area contributed by atoms with E-state index in [1.807, 2.05) is 0 Å². The lowest BCUT2D eigenvalue weighted by molar-refractivity contribution is -0.116. The van der Waals surface area contributed by atoms with E-state index >= 15 is 0 Å². The molecule has 1 amide bonds. The number of anilines is 2. The SMILES string of the molecule is O=C(CCNS(=O)(=O)c1ccc(Br)cc1)Nc1ccc(S(=O)(=O)Nc2nccs2)cc1. The molecule has 0 radical (unpaired) electrons. The number of hydrogen-bond donors (Lipinski definition) is 3. The Bertz CT molecular complexity index is 1240. The van der Waals surface area contributed by atoms with Gasteiger partial charge in [-0.3, -0.25) is 9.52 Å². The van der Waals surface area contributed by atoms with Gasteiger partial charge in [-0.2, -0.15) is 0 Å². The van der Waals surface area contributed by atoms with E-state index in [0.717, 1.165) is 15.8 Å². The van der Waals surface area contributed by atoms with Gasteiger partial charge < -0.3 is 5.32 Å². The summed E-state index contributed by atoms with van der Waals surface area (Å²) in [4.78, 5) is 16.1. The number of carbonyl (C=O) groups is 1. The second-order valence-electron chi connectivity index (χ2n) is 6.12. The minimum atomic E-state index is -3.78. The lowest BCUT2D eigenvalue weighted by Gasteiger charge is -2.09. The molecule has 3 N–H and O–H groups in total. The van der Waals surface area contributed by atoms with E-state index in [9.17, 15) is 21.6 Å². The van der Waals surface area contributed by atoms with E-state index in [4.69, 9.17) is 0 Å². The third-order valence-electron chi connectivity index (χ3n) is 3.87. The number of halogens is 1. The third-order valence-corrected chi connectivity index (χ3v) is 8.05. The maximum absolute atomic E-state index is 12.3. The Morgan fingerprint density at radius 1 is 0.935 bits per heavy atom. The highest BCUT2D eigenvalue weighted by atomic mass is 79.9. The van der Waals surface area contributed by atoms with Crippen LogP contribution >= 0.6 is 27.3 Å². The van der Waals surface area contributed by atoms with Crippen LogP contribution in [0, 0.1) is 0 Å². The molecule has 13 heteroatoms. The van der Waals surface area contributed by atoms with Crippen LogP contribution in [0.1, 0.15) is 6.42 Å². The van der Waals surface area contributed by atoms with Gasteiger partial charge in [0.2, 0.25) is 15.9 Å². The summed E-state index contributed by atoms with van der Waals surface area (Å²) in [7, 11) is -7.50. The molecule has 0 spiro atoms. The number of nitrogens with zero attached hydrogens (tertiary/aromatic N) is 1. The van der Waals surface area contributed by atoms with Gasteiger partial charge in [-0.25, -0.2) is 26.5 Å². The van der Waals surface area contributed by atoms with Crippen molar-refractivity contribution in [2.75, 3.05) is 16.6 Å². The Morgan fingerprint density at radius 3 is 2.16 bits per heavy atom. The minimum Gasteiger partial charge on any atom is -0.326 e. The van der Waals surface area contributed by atoms with Crippen molar-refractivity contribution in [2.45, 2.75) is 16.2 Å². The first-order valence-electron chi connectivity index (χ1n) is 8.73. The zero-order valence-electron chi connectivity index (χ0n) is 15.8. The Morgan fingerprint density at radius 2 is 1.55 bits per heavy atom. The first kappa shape index (κ1) is 23.3. The second-order valence-corrected chi connectivity index (χ2v) is 11.4. The monoisotopic (exact) mass is 544 g/mol. The molecule has 3 aromatic rings. The average molecular weight is 545 g/mol. The molecule has 1 aromatic heterocycles. The number of benzene rings is 2. The number of rotatable bonds is 9. The molecule has 0 bridgehead atoms. The highest BCUT2D eigenvalue weighted by Crippen LogP contribution is 2.20. The number of amides is 1. The van der Waals surface area contributed by atoms with E-state index in [-0.39, 0.29) is 27.9 Å². The summed E-state index contributed by atoms with van der Waals surface area (Å²) in [5.41, 5.74) is 0.383. The number of aromatic nitrogens is 1. The van der Waals surface area contributed by atoms with Gasteiger partial charge in [0, 0.05) is 34.7 Å². The predicted octanol–water partition coefficient (Wildman–Crippen LogP) is 3.01. The third kappa shape index (κ3) is 6.58. The van der Waals surface area contributed by atoms with E-state index < -0.39 is 26.0 Å². The Balaban J connectivity index is 1.52. The van der Waals surface area contributed by atoms with Crippen LogP contribution in [-0.2, 0) is 24.8 Å². The summed E-state index contributed by atoms with van der Waals surface area (Å²) in [6, 6.07) is 11.7. The summed E-state index contributed by atoms with van der Waals surface area (Å²) >= 11 is 4.39. The van der Waals surface area contributed by atoms with Gasteiger partial charge in [0.15, 0.2) is 5.13 Å². The van der Waals surface area contributed by atoms with Crippen molar-refractivity contribution >= 4 is 64.0 Å². The standard InChI is InChI=1S/C18H17BrN4O5S3/c19-13-1-5-15(6-2-13)30(25,26)21-10-9-17(24)22-14-3-7-16(8-4-14)31(27,28)23-18-20-11-12-29-18/h1-8,11-12,21H,9-10H2,(H,20,23)(H,22,24). The molecule has 0 unspecified atom stereocenters. The normalized spacial score (nSPS) is 11.8. The van der Waals surface area contributed by atoms with Crippen molar-refractivity contribution in [3.63, 3.8) is 0 Å². The molecule has 0 aliphatic heterocycles. The molecular formula is C18H17BrN4O5S3. The Kier molecular flexibility index (Phi) is 7.43. The lowest BCUT2D eigenvalue weighted by Crippen LogP contribution is -2.27. The van der Waals surface area contributed by atoms with Crippen molar-refractivity contribution in [1.82, 2.24) is 9.71 Å². The lowest BCUT2D eigenvalue weighted by atomic mass is 10.3. The minimum absolute atomic E-state index is 0.0166. The summed E-state index contributed by atoms with van der Waals surface area (Å²) < 4.78 is 54.5. The van der Waals surface area contributed by atoms with Crippen molar-refractivity contribution < 1.29 is 21.6 Å². The van der Waals surface area contributed by atoms with Crippen molar-refractivity contribution in [3.05, 3.63) is 64.6 Å². The molecule has 1 heterocycles. The predicted molar refractivity (Wildman–Crippen MR) is 122 cm³/mol. The fourth-order valence-corrected chi connectivity index (χ4v) is 5.47. The van der Waals surface area contributed by atoms with Crippen LogP contribution in [0.25, 0.3) is 0 Å². The molecule has 9 nitrogen and oxygen atoms in total. The summed E-state index contributed by atoms with van der Waals surface area (Å²) in [5, 5.41) is 4.50. The topological polar surface area (TPSA) is 134 Å². The molecule has 0 saturated heterocycles. The maximum Gasteiger partial charge on any atom is 0.263 e. The Hall–Kier alpha value is -2.32. The van der Waals surface area contributed by atoms with E-state index in [2.05, 4.69) is 35.7 Å². The van der Waals surface area contributed by atoms with Gasteiger partial charge in [-0.1, -0.05) is 15.9 Å². The molecule has 0 fully saturated rings. The van der Waals surface area contributed by atoms with Gasteiger partial charge >= 0.3 is 0 Å². The Labute approximate surface area is 192 Å². The molecule has 0 aliphatic rings. The van der Waals surface area contributed by atoms with Gasteiger partial charge in [-0.15, -0.1) is 11.3 Å². The zero-order valence-corrected chi connectivity index (χ0v) is 19.8. The van der Waals surface area contributed by atoms with Crippen LogP contribution < -0.4 is 14.8 Å². The quantitative estimate of drug-likeness (QED) is 0.379. The average Bonchev–Trinajstić information content (AvgIpc) is 3.21. The first-order valence-corrected chi connectivity index (χ1v) is 13.4. The van der Waals surface area contributed by atoms with E-state index in [0.29, 0.717) is 5.69 Å². The fourth-order valence-electron chi connectivity index (χ4n) is 2.38. The molecule has 0 saturated carbocycles. The maximum atomic E-state index is 12.3. The van der Waals surface area contributed by atoms with Crippen molar-refractivity contribution in [3.8, 4) is 0 Å². The molecule has 31 heavy (non-hydrogen) atoms. The van der Waals surface area contributed by atoms with Crippen LogP contribution in [0.2, 0.25) is 0 Å². The van der Waals surface area contributed by atoms with Gasteiger partial charge in [-0.05, 0) is 48.5 Å². The number of carbonyl (C=O) groups excluding carboxylic acids is 1. The molecule has 3 rings (SSSR count). The number of thiazole rings is 1. The van der Waals surface area contributed by atoms with E-state index in [1.165, 1.54) is 42.6 Å². The van der Waals surface area contributed by atoms with Gasteiger partial charge in [0.05, 0.1) is 9.79 Å². The molecule has 0 aliphatic carbocycles. The smallest absolute Gasteiger partial charge is 0.263 e. The zero-order chi connectivity index (χ0) is 22.5. The van der Waals surface area contributed by atoms with E-state index in [1.54, 1.807) is 17.5 Å². The molecule has 0 atom stereocenters. The summed E-state index contributed by atoms with van der Waals surface area (Å²) in [6.45, 7) is -0.0889. The highest BCUT2D eigenvalue weighted by molar-refractivity contribution is 9.10. The fraction of sp³-hybridized carbons (Fsp3) is 0.111. The highest BCUT2D eigenvalue weighted by Gasteiger charge is 2.16. The van der Waals surface area contributed by atoms with Crippen molar-refractivity contribution in [1.29, 1.82) is 0 Å². The number of sulfonamides is 2. The number of nitrogens with one attached hydrogen (secondary N) is 3. The van der Waals surface area contributed by atoms with Crippen molar-refractivity contribution in [2.24, 2.45) is 0 Å². The van der Waals surface area contributed by atoms with Crippen LogP contribution in [0.4, 0.5) is 10.8 Å². The molecule has 2 aromatic carbocycles. The number of hydrogen-bond acceptors (Lipinski definition) is 7. The first-order chi connectivity index (χ1) is 14.7. The van der Waals surface area contributed by atoms with Gasteiger partial charge in [0.1, 0.15) is 0 Å². The van der Waals surface area contributed by atoms with Crippen LogP contribution in [-0.4, -0.2) is 34.3 Å². The second kappa shape index (κ2) is 9.87. The molecular weight excluding hydrogens is 528 g/mol. The van der Waals surface area contributed by atoms with Crippen LogP contribution in [0.5, 0.6) is 0 Å². The summed E-state index contributed by atoms with van der Waals surface area (Å²) in [5.74, 6) is -0.421.